The predicted octanol–water partition coefficient (Wildman–Crippen LogP) is 0.872. The molecule has 188 valence electrons. The van der Waals surface area contributed by atoms with Crippen molar-refractivity contribution in [3.05, 3.63) is 68.0 Å². The van der Waals surface area contributed by atoms with Crippen LogP contribution in [0.5, 0.6) is 18.0 Å². The minimum Gasteiger partial charge on any atom is -0.708 e. The second kappa shape index (κ2) is 14.0. The largest absolute Gasteiger partial charge is 0.708 e. The molecule has 0 fully saturated rings. The van der Waals surface area contributed by atoms with Gasteiger partial charge in [-0.1, -0.05) is 20.8 Å². The van der Waals surface area contributed by atoms with Gasteiger partial charge in [-0.3, -0.25) is 0 Å². The molecule has 3 rings (SSSR count). The van der Waals surface area contributed by atoms with Crippen LogP contribution < -0.4 is 14.2 Å². The molecule has 13 heteroatoms. The Labute approximate surface area is 208 Å². The summed E-state index contributed by atoms with van der Waals surface area (Å²) in [6, 6.07) is 3.57. The Balaban J connectivity index is 0.000000473. The molecule has 0 atom stereocenters. The average Bonchev–Trinajstić information content (AvgIpc) is 2.79. The molecule has 3 aromatic heterocycles. The van der Waals surface area contributed by atoms with Crippen molar-refractivity contribution in [3.8, 4) is 18.0 Å². The molecule has 0 amide bonds. The summed E-state index contributed by atoms with van der Waals surface area (Å²) in [6.07, 6.45) is 2.15. The number of aryl methyl sites for hydroxylation is 6. The van der Waals surface area contributed by atoms with Gasteiger partial charge in [0.05, 0.1) is 0 Å². The van der Waals surface area contributed by atoms with Gasteiger partial charge in [-0.2, -0.15) is 14.2 Å². The average molecular weight is 518 g/mol. The van der Waals surface area contributed by atoms with Crippen molar-refractivity contribution in [3.63, 3.8) is 0 Å². The van der Waals surface area contributed by atoms with Crippen LogP contribution in [0, 0.1) is 36.4 Å². The van der Waals surface area contributed by atoms with Gasteiger partial charge in [0.1, 0.15) is 17.1 Å². The molecule has 0 saturated heterocycles. The molecule has 0 aromatic carbocycles. The molecular formula is C21H30FeN6O6. The first-order valence-corrected chi connectivity index (χ1v) is 10.3. The summed E-state index contributed by atoms with van der Waals surface area (Å²) in [6.45, 7) is 10.6. The van der Waals surface area contributed by atoms with Crippen molar-refractivity contribution in [1.29, 1.82) is 0 Å². The van der Waals surface area contributed by atoms with Crippen LogP contribution in [-0.4, -0.2) is 30.3 Å². The molecule has 0 aliphatic rings. The molecule has 0 aliphatic heterocycles. The van der Waals surface area contributed by atoms with Crippen LogP contribution in [0.3, 0.4) is 0 Å². The van der Waals surface area contributed by atoms with E-state index >= 15 is 0 Å². The fraction of sp³-hybridized carbons (Fsp3) is 0.429. The molecule has 0 saturated carbocycles. The van der Waals surface area contributed by atoms with E-state index in [1.54, 1.807) is 39.0 Å². The first-order chi connectivity index (χ1) is 15.4. The smallest absolute Gasteiger partial charge is 0.499 e. The van der Waals surface area contributed by atoms with Gasteiger partial charge in [0.15, 0.2) is 17.1 Å². The quantitative estimate of drug-likeness (QED) is 0.258. The second-order valence-corrected chi connectivity index (χ2v) is 7.01. The van der Waals surface area contributed by atoms with Gasteiger partial charge in [-0.05, 0) is 35.7 Å². The molecule has 12 nitrogen and oxygen atoms in total. The van der Waals surface area contributed by atoms with Crippen LogP contribution in [0.15, 0.2) is 18.2 Å². The van der Waals surface area contributed by atoms with E-state index in [0.29, 0.717) is 31.3 Å². The van der Waals surface area contributed by atoms with Gasteiger partial charge in [-0.25, -0.2) is 0 Å². The Hall–Kier alpha value is -3.44. The topological polar surface area (TPSA) is 180 Å². The van der Waals surface area contributed by atoms with Crippen molar-refractivity contribution >= 4 is 0 Å². The predicted molar refractivity (Wildman–Crippen MR) is 117 cm³/mol. The molecule has 0 unspecified atom stereocenters. The van der Waals surface area contributed by atoms with Gasteiger partial charge in [0.2, 0.25) is 0 Å². The summed E-state index contributed by atoms with van der Waals surface area (Å²) in [4.78, 5) is 11.0. The van der Waals surface area contributed by atoms with E-state index in [1.165, 1.54) is 0 Å². The Morgan fingerprint density at radius 3 is 0.941 bits per heavy atom. The van der Waals surface area contributed by atoms with Gasteiger partial charge in [0.25, 0.3) is 0 Å². The number of hydrogen-bond acceptors (Lipinski definition) is 9. The fourth-order valence-corrected chi connectivity index (χ4v) is 2.53. The van der Waals surface area contributed by atoms with E-state index in [2.05, 4.69) is 15.0 Å². The normalized spacial score (nSPS) is 9.71. The van der Waals surface area contributed by atoms with Crippen LogP contribution in [0.1, 0.15) is 54.9 Å². The van der Waals surface area contributed by atoms with Crippen molar-refractivity contribution in [2.75, 3.05) is 0 Å². The SMILES string of the molecule is CCc1cc(C)[n+]([O-])c(O)n1.CCc1cc(C)[n+]([O-])c(O)n1.CCc1cc(C)[n+]([O-])c(O)n1.[Fe]. The Bertz CT molecular complexity index is 894. The summed E-state index contributed by atoms with van der Waals surface area (Å²) in [5.74, 6) is 0. The monoisotopic (exact) mass is 518 g/mol. The van der Waals surface area contributed by atoms with Gasteiger partial charge >= 0.3 is 18.0 Å². The summed E-state index contributed by atoms with van der Waals surface area (Å²) in [5, 5.41) is 59.4. The Morgan fingerprint density at radius 2 is 0.794 bits per heavy atom. The van der Waals surface area contributed by atoms with Crippen molar-refractivity contribution < 1.29 is 46.6 Å². The molecule has 3 aromatic rings. The zero-order valence-electron chi connectivity index (χ0n) is 20.0. The van der Waals surface area contributed by atoms with E-state index in [9.17, 15) is 15.6 Å². The third kappa shape index (κ3) is 8.49. The summed E-state index contributed by atoms with van der Waals surface area (Å²) in [5.41, 5.74) is 3.59. The molecule has 34 heavy (non-hydrogen) atoms. The van der Waals surface area contributed by atoms with E-state index in [0.717, 1.165) is 36.3 Å². The summed E-state index contributed by atoms with van der Waals surface area (Å²) >= 11 is 0. The first-order valence-electron chi connectivity index (χ1n) is 10.3. The van der Waals surface area contributed by atoms with Crippen LogP contribution in [0.2, 0.25) is 0 Å². The number of nitrogens with zero attached hydrogens (tertiary/aromatic N) is 6. The van der Waals surface area contributed by atoms with Crippen molar-refractivity contribution in [2.24, 2.45) is 0 Å². The number of hydrogen-bond donors (Lipinski definition) is 3. The second-order valence-electron chi connectivity index (χ2n) is 7.01. The zero-order chi connectivity index (χ0) is 25.3. The van der Waals surface area contributed by atoms with Crippen LogP contribution in [0.4, 0.5) is 0 Å². The molecule has 0 aliphatic carbocycles. The molecule has 3 heterocycles. The Morgan fingerprint density at radius 1 is 0.588 bits per heavy atom. The standard InChI is InChI=1S/3C7H10N2O2.Fe/c3*1-3-6-4-5(2)9(11)7(10)8-6;/h3*4H,3H2,1-2H3,(H,8,10);. The van der Waals surface area contributed by atoms with Crippen molar-refractivity contribution in [2.45, 2.75) is 60.8 Å². The van der Waals surface area contributed by atoms with Crippen LogP contribution >= 0.6 is 0 Å². The third-order valence-corrected chi connectivity index (χ3v) is 4.45. The molecule has 0 bridgehead atoms. The van der Waals surface area contributed by atoms with E-state index in [-0.39, 0.29) is 17.1 Å². The van der Waals surface area contributed by atoms with Gasteiger partial charge < -0.3 is 30.9 Å². The minimum atomic E-state index is -0.471. The number of aromatic nitrogens is 6. The maximum absolute atomic E-state index is 10.8. The number of rotatable bonds is 3. The first kappa shape index (κ1) is 30.6. The zero-order valence-corrected chi connectivity index (χ0v) is 21.1. The molecular weight excluding hydrogens is 488 g/mol. The molecule has 3 N–H and O–H groups in total. The van der Waals surface area contributed by atoms with Crippen molar-refractivity contribution in [1.82, 2.24) is 15.0 Å². The summed E-state index contributed by atoms with van der Waals surface area (Å²) < 4.78 is 1.21. The fourth-order valence-electron chi connectivity index (χ4n) is 2.53. The molecule has 0 radical (unpaired) electrons. The van der Waals surface area contributed by atoms with Crippen LogP contribution in [0.25, 0.3) is 0 Å². The summed E-state index contributed by atoms with van der Waals surface area (Å²) in [7, 11) is 0. The van der Waals surface area contributed by atoms with E-state index < -0.39 is 18.0 Å². The maximum Gasteiger partial charge on any atom is 0.499 e. The van der Waals surface area contributed by atoms with E-state index in [1.807, 2.05) is 20.8 Å². The third-order valence-electron chi connectivity index (χ3n) is 4.45. The van der Waals surface area contributed by atoms with Gasteiger partial charge in [-0.15, -0.1) is 0 Å². The number of aromatic hydroxyl groups is 3. The van der Waals surface area contributed by atoms with E-state index in [4.69, 9.17) is 15.3 Å². The Kier molecular flexibility index (Phi) is 12.5. The maximum atomic E-state index is 10.8. The van der Waals surface area contributed by atoms with Crippen LogP contribution in [-0.2, 0) is 36.3 Å². The van der Waals surface area contributed by atoms with Gasteiger partial charge in [0, 0.05) is 54.5 Å². The minimum absolute atomic E-state index is 0. The molecule has 0 spiro atoms.